The molecule has 0 bridgehead atoms. The van der Waals surface area contributed by atoms with Crippen LogP contribution in [0.1, 0.15) is 11.1 Å². The van der Waals surface area contributed by atoms with Gasteiger partial charge in [0.25, 0.3) is 11.1 Å². The van der Waals surface area contributed by atoms with E-state index in [9.17, 15) is 23.2 Å². The van der Waals surface area contributed by atoms with E-state index in [1.807, 2.05) is 13.0 Å². The Kier molecular flexibility index (Phi) is 6.91. The number of aryl methyl sites for hydroxylation is 1. The fourth-order valence-electron chi connectivity index (χ4n) is 2.82. The molecule has 1 N–H and O–H groups in total. The highest BCUT2D eigenvalue weighted by Crippen LogP contribution is 2.35. The molecule has 0 aliphatic carbocycles. The minimum absolute atomic E-state index is 0.0470. The summed E-state index contributed by atoms with van der Waals surface area (Å²) < 4.78 is 34.3. The lowest BCUT2D eigenvalue weighted by atomic mass is 10.2. The number of thioether (sulfide) groups is 1. The Labute approximate surface area is 181 Å². The average Bonchev–Trinajstić information content (AvgIpc) is 2.96. The van der Waals surface area contributed by atoms with Gasteiger partial charge in [0.15, 0.2) is 11.5 Å². The normalized spacial score (nSPS) is 15.0. The van der Waals surface area contributed by atoms with Crippen LogP contribution < -0.4 is 14.8 Å². The first kappa shape index (κ1) is 22.3. The first-order valence-corrected chi connectivity index (χ1v) is 9.83. The number of methoxy groups -OCH3 is 1. The van der Waals surface area contributed by atoms with Crippen LogP contribution in [0.5, 0.6) is 11.5 Å². The second-order valence-corrected chi connectivity index (χ2v) is 7.47. The van der Waals surface area contributed by atoms with Gasteiger partial charge in [-0.3, -0.25) is 19.3 Å². The third-order valence-corrected chi connectivity index (χ3v) is 5.09. The van der Waals surface area contributed by atoms with Crippen molar-refractivity contribution < 1.29 is 32.6 Å². The Hall–Kier alpha value is -3.40. The molecule has 0 saturated carbocycles. The number of halogens is 2. The lowest BCUT2D eigenvalue weighted by Gasteiger charge is -2.12. The molecule has 1 saturated heterocycles. The molecule has 0 spiro atoms. The van der Waals surface area contributed by atoms with E-state index in [1.165, 1.54) is 31.4 Å². The van der Waals surface area contributed by atoms with Crippen molar-refractivity contribution in [3.8, 4) is 11.5 Å². The first-order valence-electron chi connectivity index (χ1n) is 9.01. The van der Waals surface area contributed by atoms with Crippen LogP contribution in [0.3, 0.4) is 0 Å². The molecule has 3 rings (SSSR count). The van der Waals surface area contributed by atoms with Crippen LogP contribution in [0.2, 0.25) is 0 Å². The zero-order chi connectivity index (χ0) is 22.5. The topological polar surface area (TPSA) is 84.9 Å². The molecule has 1 heterocycles. The number of nitrogens with zero attached hydrogens (tertiary/aromatic N) is 1. The smallest absolute Gasteiger partial charge is 0.387 e. The quantitative estimate of drug-likeness (QED) is 0.637. The van der Waals surface area contributed by atoms with E-state index in [0.29, 0.717) is 23.0 Å². The second kappa shape index (κ2) is 9.61. The van der Waals surface area contributed by atoms with Crippen LogP contribution in [0.15, 0.2) is 47.4 Å². The Bertz CT molecular complexity index is 1060. The van der Waals surface area contributed by atoms with E-state index in [1.54, 1.807) is 18.2 Å². The summed E-state index contributed by atoms with van der Waals surface area (Å²) in [6, 6.07) is 11.2. The minimum Gasteiger partial charge on any atom is -0.493 e. The highest BCUT2D eigenvalue weighted by atomic mass is 32.2. The van der Waals surface area contributed by atoms with Crippen molar-refractivity contribution in [3.05, 3.63) is 58.5 Å². The number of hydrogen-bond donors (Lipinski definition) is 1. The van der Waals surface area contributed by atoms with Gasteiger partial charge in [-0.15, -0.1) is 0 Å². The molecule has 2 aromatic carbocycles. The van der Waals surface area contributed by atoms with E-state index in [2.05, 4.69) is 10.1 Å². The van der Waals surface area contributed by atoms with Crippen LogP contribution in [0.25, 0.3) is 6.08 Å². The largest absolute Gasteiger partial charge is 0.493 e. The number of hydrogen-bond acceptors (Lipinski definition) is 6. The van der Waals surface area contributed by atoms with Gasteiger partial charge < -0.3 is 14.8 Å². The number of ether oxygens (including phenoxy) is 2. The maximum atomic E-state index is 12.6. The Morgan fingerprint density at radius 3 is 2.65 bits per heavy atom. The van der Waals surface area contributed by atoms with Gasteiger partial charge >= 0.3 is 6.61 Å². The van der Waals surface area contributed by atoms with Crippen molar-refractivity contribution in [2.75, 3.05) is 19.0 Å². The maximum absolute atomic E-state index is 12.6. The molecule has 0 unspecified atom stereocenters. The maximum Gasteiger partial charge on any atom is 0.387 e. The minimum atomic E-state index is -3.01. The number of benzene rings is 2. The van der Waals surface area contributed by atoms with Crippen molar-refractivity contribution >= 4 is 40.6 Å². The number of amides is 3. The monoisotopic (exact) mass is 448 g/mol. The van der Waals surface area contributed by atoms with E-state index >= 15 is 0 Å². The van der Waals surface area contributed by atoms with E-state index in [-0.39, 0.29) is 16.4 Å². The first-order chi connectivity index (χ1) is 14.8. The molecule has 0 aromatic heterocycles. The zero-order valence-corrected chi connectivity index (χ0v) is 17.4. The molecule has 1 fully saturated rings. The van der Waals surface area contributed by atoms with Gasteiger partial charge in [-0.05, 0) is 60.2 Å². The van der Waals surface area contributed by atoms with Crippen LogP contribution in [-0.2, 0) is 9.59 Å². The molecule has 7 nitrogen and oxygen atoms in total. The summed E-state index contributed by atoms with van der Waals surface area (Å²) in [6.07, 6.45) is 1.41. The van der Waals surface area contributed by atoms with E-state index in [4.69, 9.17) is 4.74 Å². The van der Waals surface area contributed by atoms with Crippen molar-refractivity contribution in [1.82, 2.24) is 4.90 Å². The number of carbonyl (C=O) groups is 3. The van der Waals surface area contributed by atoms with Gasteiger partial charge in [-0.25, -0.2) is 0 Å². The number of rotatable bonds is 7. The van der Waals surface area contributed by atoms with Gasteiger partial charge in [0.2, 0.25) is 5.91 Å². The number of nitrogens with one attached hydrogen (secondary N) is 1. The molecular formula is C21H18F2N2O5S. The number of carbonyl (C=O) groups excluding carboxylic acids is 3. The predicted molar refractivity (Wildman–Crippen MR) is 112 cm³/mol. The van der Waals surface area contributed by atoms with Crippen LogP contribution >= 0.6 is 11.8 Å². The second-order valence-electron chi connectivity index (χ2n) is 6.47. The highest BCUT2D eigenvalue weighted by Gasteiger charge is 2.36. The zero-order valence-electron chi connectivity index (χ0n) is 16.6. The third kappa shape index (κ3) is 5.60. The molecule has 2 aromatic rings. The van der Waals surface area contributed by atoms with Crippen LogP contribution in [0.4, 0.5) is 19.3 Å². The fraction of sp³-hybridized carbons (Fsp3) is 0.190. The highest BCUT2D eigenvalue weighted by molar-refractivity contribution is 8.18. The third-order valence-electron chi connectivity index (χ3n) is 4.18. The SMILES string of the molecule is COc1cc(/C=C2\SC(=O)N(CC(=O)Nc3cccc(C)c3)C2=O)ccc1OC(F)F. The van der Waals surface area contributed by atoms with Crippen molar-refractivity contribution in [3.63, 3.8) is 0 Å². The summed E-state index contributed by atoms with van der Waals surface area (Å²) in [7, 11) is 1.29. The summed E-state index contributed by atoms with van der Waals surface area (Å²) in [6.45, 7) is -1.57. The van der Waals surface area contributed by atoms with Crippen molar-refractivity contribution in [2.45, 2.75) is 13.5 Å². The van der Waals surface area contributed by atoms with E-state index in [0.717, 1.165) is 10.5 Å². The van der Waals surface area contributed by atoms with Gasteiger partial charge in [-0.2, -0.15) is 8.78 Å². The standard InChI is InChI=1S/C21H18F2N2O5S/c1-12-4-3-5-14(8-12)24-18(26)11-25-19(27)17(31-21(25)28)10-13-6-7-15(30-20(22)23)16(9-13)29-2/h3-10,20H,11H2,1-2H3,(H,24,26)/b17-10-. The van der Waals surface area contributed by atoms with Gasteiger partial charge in [0.1, 0.15) is 6.54 Å². The van der Waals surface area contributed by atoms with Crippen LogP contribution in [0, 0.1) is 6.92 Å². The molecule has 10 heteroatoms. The lowest BCUT2D eigenvalue weighted by molar-refractivity contribution is -0.127. The summed E-state index contributed by atoms with van der Waals surface area (Å²) in [5, 5.41) is 2.06. The molecule has 1 aliphatic heterocycles. The summed E-state index contributed by atoms with van der Waals surface area (Å²) >= 11 is 0.682. The molecular weight excluding hydrogens is 430 g/mol. The molecule has 162 valence electrons. The van der Waals surface area contributed by atoms with Gasteiger partial charge in [0, 0.05) is 5.69 Å². The summed E-state index contributed by atoms with van der Waals surface area (Å²) in [5.41, 5.74) is 1.95. The fourth-order valence-corrected chi connectivity index (χ4v) is 3.66. The molecule has 1 aliphatic rings. The van der Waals surface area contributed by atoms with Crippen molar-refractivity contribution in [1.29, 1.82) is 0 Å². The number of anilines is 1. The molecule has 0 radical (unpaired) electrons. The average molecular weight is 448 g/mol. The molecule has 0 atom stereocenters. The predicted octanol–water partition coefficient (Wildman–Crippen LogP) is 4.28. The molecule has 31 heavy (non-hydrogen) atoms. The van der Waals surface area contributed by atoms with Crippen molar-refractivity contribution in [2.24, 2.45) is 0 Å². The number of imide groups is 1. The Balaban J connectivity index is 1.72. The van der Waals surface area contributed by atoms with Gasteiger partial charge in [-0.1, -0.05) is 18.2 Å². The number of alkyl halides is 2. The molecule has 3 amide bonds. The van der Waals surface area contributed by atoms with Crippen LogP contribution in [-0.4, -0.2) is 42.2 Å². The summed E-state index contributed by atoms with van der Waals surface area (Å²) in [4.78, 5) is 38.1. The lowest BCUT2D eigenvalue weighted by Crippen LogP contribution is -2.36. The summed E-state index contributed by atoms with van der Waals surface area (Å²) in [5.74, 6) is -1.24. The Morgan fingerprint density at radius 2 is 1.97 bits per heavy atom. The van der Waals surface area contributed by atoms with Gasteiger partial charge in [0.05, 0.1) is 12.0 Å². The van der Waals surface area contributed by atoms with E-state index < -0.39 is 30.2 Å². The Morgan fingerprint density at radius 1 is 1.19 bits per heavy atom.